The van der Waals surface area contributed by atoms with E-state index in [1.165, 1.54) is 6.92 Å². The van der Waals surface area contributed by atoms with Crippen LogP contribution in [-0.4, -0.2) is 40.3 Å². The summed E-state index contributed by atoms with van der Waals surface area (Å²) in [6, 6.07) is 0. The molecule has 186 valence electrons. The maximum atomic E-state index is 13.3. The molecule has 13 heteroatoms. The van der Waals surface area contributed by atoms with Gasteiger partial charge >= 0.3 is 18.1 Å². The van der Waals surface area contributed by atoms with E-state index in [1.807, 2.05) is 0 Å². The molecule has 0 radical (unpaired) electrons. The van der Waals surface area contributed by atoms with Gasteiger partial charge in [-0.25, -0.2) is 9.59 Å². The number of thiophene rings is 1. The molecule has 0 spiro atoms. The number of carbonyl (C=O) groups excluding carboxylic acids is 3. The Bertz CT molecular complexity index is 1120. The van der Waals surface area contributed by atoms with Crippen LogP contribution >= 0.6 is 22.9 Å². The van der Waals surface area contributed by atoms with Crippen molar-refractivity contribution in [1.82, 2.24) is 9.78 Å². The van der Waals surface area contributed by atoms with Crippen molar-refractivity contribution in [2.45, 2.75) is 65.3 Å². The maximum Gasteiger partial charge on any atom is 0.436 e. The predicted molar refractivity (Wildman–Crippen MR) is 118 cm³/mol. The number of anilines is 1. The molecule has 0 saturated heterocycles. The third kappa shape index (κ3) is 5.54. The van der Waals surface area contributed by atoms with Crippen LogP contribution in [0.15, 0.2) is 0 Å². The Kier molecular flexibility index (Phi) is 7.61. The van der Waals surface area contributed by atoms with Gasteiger partial charge in [-0.15, -0.1) is 11.3 Å². The van der Waals surface area contributed by atoms with E-state index in [-0.39, 0.29) is 39.2 Å². The quantitative estimate of drug-likeness (QED) is 0.480. The second kappa shape index (κ2) is 9.95. The fraction of sp³-hybridized carbons (Fsp3) is 0.524. The number of alkyl halides is 3. The molecule has 2 heterocycles. The Morgan fingerprint density at radius 1 is 1.26 bits per heavy atom. The summed E-state index contributed by atoms with van der Waals surface area (Å²) in [5.74, 6) is -2.38. The monoisotopic (exact) mass is 521 g/mol. The van der Waals surface area contributed by atoms with Gasteiger partial charge in [-0.05, 0) is 46.1 Å². The Labute approximate surface area is 202 Å². The smallest absolute Gasteiger partial charge is 0.436 e. The summed E-state index contributed by atoms with van der Waals surface area (Å²) >= 11 is 6.77. The summed E-state index contributed by atoms with van der Waals surface area (Å²) < 4.78 is 51.0. The lowest BCUT2D eigenvalue weighted by atomic mass is 10.1. The summed E-state index contributed by atoms with van der Waals surface area (Å²) in [4.78, 5) is 37.9. The lowest BCUT2D eigenvalue weighted by Gasteiger charge is -2.11. The number of ether oxygens (including phenoxy) is 2. The van der Waals surface area contributed by atoms with Crippen molar-refractivity contribution in [3.05, 3.63) is 32.4 Å². The molecule has 8 nitrogen and oxygen atoms in total. The topological polar surface area (TPSA) is 99.5 Å². The molecule has 1 amide bonds. The molecule has 1 aliphatic rings. The minimum atomic E-state index is -4.77. The SMILES string of the molecule is CCOC(=O)c1sc(NC(=O)Cn2nc(C(F)(F)F)c(Cl)c2C2CC2)c(C(=O)OC(C)C)c1C. The Morgan fingerprint density at radius 3 is 2.44 bits per heavy atom. The normalized spacial score (nSPS) is 13.8. The molecular weight excluding hydrogens is 499 g/mol. The number of nitrogens with one attached hydrogen (secondary N) is 1. The zero-order valence-corrected chi connectivity index (χ0v) is 20.4. The fourth-order valence-electron chi connectivity index (χ4n) is 3.32. The zero-order valence-electron chi connectivity index (χ0n) is 18.8. The third-order valence-corrected chi connectivity index (χ3v) is 6.42. The Morgan fingerprint density at radius 2 is 1.91 bits per heavy atom. The molecule has 0 unspecified atom stereocenters. The molecule has 1 saturated carbocycles. The Balaban J connectivity index is 1.92. The molecule has 0 bridgehead atoms. The van der Waals surface area contributed by atoms with Crippen LogP contribution in [0.3, 0.4) is 0 Å². The summed E-state index contributed by atoms with van der Waals surface area (Å²) in [6.45, 7) is 5.97. The molecule has 0 aromatic carbocycles. The van der Waals surface area contributed by atoms with E-state index in [9.17, 15) is 27.6 Å². The van der Waals surface area contributed by atoms with Gasteiger partial charge in [0.05, 0.1) is 29.0 Å². The van der Waals surface area contributed by atoms with Gasteiger partial charge in [-0.1, -0.05) is 11.6 Å². The van der Waals surface area contributed by atoms with Crippen LogP contribution in [0.5, 0.6) is 0 Å². The van der Waals surface area contributed by atoms with Gasteiger partial charge in [0.25, 0.3) is 0 Å². The summed E-state index contributed by atoms with van der Waals surface area (Å²) in [5, 5.41) is 5.56. The van der Waals surface area contributed by atoms with Crippen molar-refractivity contribution < 1.29 is 37.0 Å². The van der Waals surface area contributed by atoms with Crippen LogP contribution in [0.4, 0.5) is 18.2 Å². The van der Waals surface area contributed by atoms with Crippen LogP contribution in [-0.2, 0) is 27.0 Å². The average molecular weight is 522 g/mol. The van der Waals surface area contributed by atoms with Crippen LogP contribution in [0.25, 0.3) is 0 Å². The van der Waals surface area contributed by atoms with Crippen LogP contribution in [0.2, 0.25) is 5.02 Å². The number of hydrogen-bond acceptors (Lipinski definition) is 7. The highest BCUT2D eigenvalue weighted by atomic mass is 35.5. The standard InChI is InChI=1S/C21H23ClF3N3O5S/c1-5-32-20(31)16-10(4)13(19(30)33-9(2)3)18(34-16)26-12(29)8-28-15(11-6-7-11)14(22)17(27-28)21(23,24)25/h9,11H,5-8H2,1-4H3,(H,26,29). The van der Waals surface area contributed by atoms with Crippen LogP contribution in [0, 0.1) is 6.92 Å². The first kappa shape index (κ1) is 26.0. The lowest BCUT2D eigenvalue weighted by Crippen LogP contribution is -2.22. The number of carbonyl (C=O) groups is 3. The Hall–Kier alpha value is -2.60. The zero-order chi connectivity index (χ0) is 25.4. The van der Waals surface area contributed by atoms with Crippen molar-refractivity contribution in [1.29, 1.82) is 0 Å². The van der Waals surface area contributed by atoms with Crippen molar-refractivity contribution in [2.24, 2.45) is 0 Å². The highest BCUT2D eigenvalue weighted by Crippen LogP contribution is 2.47. The van der Waals surface area contributed by atoms with Crippen molar-refractivity contribution in [3.8, 4) is 0 Å². The highest BCUT2D eigenvalue weighted by molar-refractivity contribution is 7.18. The number of hydrogen-bond donors (Lipinski definition) is 1. The van der Waals surface area contributed by atoms with Gasteiger partial charge in [-0.3, -0.25) is 9.48 Å². The van der Waals surface area contributed by atoms with E-state index in [4.69, 9.17) is 21.1 Å². The molecule has 1 aliphatic carbocycles. The van der Waals surface area contributed by atoms with E-state index < -0.39 is 47.4 Å². The van der Waals surface area contributed by atoms with Gasteiger partial charge in [0.2, 0.25) is 5.91 Å². The fourth-order valence-corrected chi connectivity index (χ4v) is 4.82. The van der Waals surface area contributed by atoms with Gasteiger partial charge in [-0.2, -0.15) is 18.3 Å². The van der Waals surface area contributed by atoms with Gasteiger partial charge < -0.3 is 14.8 Å². The molecular formula is C21H23ClF3N3O5S. The highest BCUT2D eigenvalue weighted by Gasteiger charge is 2.42. The van der Waals surface area contributed by atoms with Gasteiger partial charge in [0, 0.05) is 5.92 Å². The van der Waals surface area contributed by atoms with E-state index >= 15 is 0 Å². The molecule has 2 aromatic rings. The second-order valence-electron chi connectivity index (χ2n) is 7.96. The predicted octanol–water partition coefficient (Wildman–Crippen LogP) is 5.18. The number of aromatic nitrogens is 2. The number of amides is 1. The minimum Gasteiger partial charge on any atom is -0.462 e. The van der Waals surface area contributed by atoms with E-state index in [0.717, 1.165) is 16.0 Å². The largest absolute Gasteiger partial charge is 0.462 e. The first-order chi connectivity index (χ1) is 15.8. The van der Waals surface area contributed by atoms with E-state index in [0.29, 0.717) is 12.8 Å². The molecule has 1 fully saturated rings. The summed E-state index contributed by atoms with van der Waals surface area (Å²) in [5.41, 5.74) is -0.851. The maximum absolute atomic E-state index is 13.3. The number of nitrogens with zero attached hydrogens (tertiary/aromatic N) is 2. The first-order valence-electron chi connectivity index (χ1n) is 10.5. The first-order valence-corrected chi connectivity index (χ1v) is 11.7. The third-order valence-electron chi connectivity index (χ3n) is 4.86. The number of rotatable bonds is 8. The van der Waals surface area contributed by atoms with Crippen molar-refractivity contribution in [2.75, 3.05) is 11.9 Å². The van der Waals surface area contributed by atoms with Gasteiger partial charge in [0.1, 0.15) is 16.4 Å². The average Bonchev–Trinajstić information content (AvgIpc) is 3.40. The minimum absolute atomic E-state index is 0.0213. The number of halogens is 4. The summed E-state index contributed by atoms with van der Waals surface area (Å²) in [7, 11) is 0. The van der Waals surface area contributed by atoms with Gasteiger partial charge in [0.15, 0.2) is 5.69 Å². The lowest BCUT2D eigenvalue weighted by molar-refractivity contribution is -0.141. The molecule has 0 aliphatic heterocycles. The second-order valence-corrected chi connectivity index (χ2v) is 9.36. The van der Waals surface area contributed by atoms with Crippen LogP contribution in [0.1, 0.15) is 76.5 Å². The van der Waals surface area contributed by atoms with E-state index in [1.54, 1.807) is 20.8 Å². The molecule has 1 N–H and O–H groups in total. The molecule has 0 atom stereocenters. The van der Waals surface area contributed by atoms with Crippen molar-refractivity contribution >= 4 is 45.8 Å². The molecule has 34 heavy (non-hydrogen) atoms. The molecule has 2 aromatic heterocycles. The van der Waals surface area contributed by atoms with E-state index in [2.05, 4.69) is 10.4 Å². The number of esters is 2. The molecule has 3 rings (SSSR count). The van der Waals surface area contributed by atoms with Crippen molar-refractivity contribution in [3.63, 3.8) is 0 Å². The summed E-state index contributed by atoms with van der Waals surface area (Å²) in [6.07, 6.45) is -3.95. The van der Waals surface area contributed by atoms with Crippen LogP contribution < -0.4 is 5.32 Å².